The molecular weight excluding hydrogens is 409 g/mol. The summed E-state index contributed by atoms with van der Waals surface area (Å²) in [6.07, 6.45) is 2.06. The number of anilines is 2. The van der Waals surface area contributed by atoms with E-state index in [1.54, 1.807) is 4.68 Å². The summed E-state index contributed by atoms with van der Waals surface area (Å²) in [5, 5.41) is 11.9. The second kappa shape index (κ2) is 7.89. The van der Waals surface area contributed by atoms with Crippen molar-refractivity contribution in [3.8, 4) is 0 Å². The summed E-state index contributed by atoms with van der Waals surface area (Å²) in [7, 11) is 0. The summed E-state index contributed by atoms with van der Waals surface area (Å²) in [5.41, 5.74) is 2.84. The first kappa shape index (κ1) is 19.5. The Bertz CT molecular complexity index is 1070. The van der Waals surface area contributed by atoms with Crippen molar-refractivity contribution in [1.82, 2.24) is 14.8 Å². The fourth-order valence-corrected chi connectivity index (χ4v) is 3.25. The van der Waals surface area contributed by atoms with Gasteiger partial charge >= 0.3 is 0 Å². The van der Waals surface area contributed by atoms with Gasteiger partial charge in [-0.05, 0) is 41.5 Å². The Labute approximate surface area is 178 Å². The van der Waals surface area contributed by atoms with Gasteiger partial charge in [0.25, 0.3) is 5.95 Å². The summed E-state index contributed by atoms with van der Waals surface area (Å²) >= 11 is 12.1. The Morgan fingerprint density at radius 2 is 1.69 bits per heavy atom. The fraction of sp³-hybridized carbons (Fsp3) is 0.190. The van der Waals surface area contributed by atoms with Crippen LogP contribution in [0.4, 0.5) is 11.9 Å². The summed E-state index contributed by atoms with van der Waals surface area (Å²) in [5.74, 6) is 0.493. The number of allylic oxidation sites excluding steroid dienone is 1. The molecule has 29 heavy (non-hydrogen) atoms. The number of rotatable bonds is 4. The smallest absolute Gasteiger partial charge is 0.250 e. The second-order valence-electron chi connectivity index (χ2n) is 7.06. The van der Waals surface area contributed by atoms with E-state index < -0.39 is 0 Å². The molecule has 4 rings (SSSR count). The zero-order valence-corrected chi connectivity index (χ0v) is 17.4. The molecule has 2 heterocycles. The molecule has 1 amide bonds. The minimum Gasteiger partial charge on any atom is -0.324 e. The first-order chi connectivity index (χ1) is 13.9. The number of amides is 1. The number of nitrogens with zero attached hydrogens (tertiary/aromatic N) is 3. The minimum absolute atomic E-state index is 0.137. The number of carbonyl (C=O) groups is 1. The molecule has 6 nitrogen and oxygen atoms in total. The van der Waals surface area contributed by atoms with Crippen LogP contribution in [0, 0.1) is 5.92 Å². The van der Waals surface area contributed by atoms with E-state index in [4.69, 9.17) is 23.2 Å². The standard InChI is InChI=1S/C21H19Cl2N5O/c1-12(2)19(29)25-20-26-21-24-17(13-3-7-15(22)8-4-13)11-18(28(21)27-20)14-5-9-16(23)10-6-14/h3-12,18H,1-2H3,(H2,24,25,26,27,29)/t18-/m0/s1. The van der Waals surface area contributed by atoms with Gasteiger partial charge in [0.1, 0.15) is 6.04 Å². The molecule has 1 atom stereocenters. The van der Waals surface area contributed by atoms with Crippen LogP contribution in [-0.4, -0.2) is 20.7 Å². The van der Waals surface area contributed by atoms with Gasteiger partial charge < -0.3 is 5.32 Å². The molecule has 148 valence electrons. The molecule has 0 unspecified atom stereocenters. The molecular formula is C21H19Cl2N5O. The molecule has 2 aromatic carbocycles. The van der Waals surface area contributed by atoms with Crippen molar-refractivity contribution in [2.24, 2.45) is 5.92 Å². The van der Waals surface area contributed by atoms with E-state index in [1.807, 2.05) is 62.4 Å². The second-order valence-corrected chi connectivity index (χ2v) is 7.93. The van der Waals surface area contributed by atoms with Gasteiger partial charge in [0.15, 0.2) is 0 Å². The lowest BCUT2D eigenvalue weighted by Gasteiger charge is -2.24. The van der Waals surface area contributed by atoms with E-state index >= 15 is 0 Å². The van der Waals surface area contributed by atoms with E-state index in [2.05, 4.69) is 26.8 Å². The molecule has 1 aromatic heterocycles. The van der Waals surface area contributed by atoms with Gasteiger partial charge in [0, 0.05) is 21.7 Å². The number of benzene rings is 2. The number of fused-ring (bicyclic) bond motifs is 1. The van der Waals surface area contributed by atoms with Crippen molar-refractivity contribution in [2.45, 2.75) is 19.9 Å². The Balaban J connectivity index is 1.75. The summed E-state index contributed by atoms with van der Waals surface area (Å²) < 4.78 is 1.75. The van der Waals surface area contributed by atoms with Crippen LogP contribution >= 0.6 is 23.2 Å². The highest BCUT2D eigenvalue weighted by Gasteiger charge is 2.26. The highest BCUT2D eigenvalue weighted by molar-refractivity contribution is 6.30. The Hall–Kier alpha value is -2.83. The number of nitrogens with one attached hydrogen (secondary N) is 2. The minimum atomic E-state index is -0.216. The van der Waals surface area contributed by atoms with Crippen molar-refractivity contribution in [1.29, 1.82) is 0 Å². The zero-order valence-electron chi connectivity index (χ0n) is 15.9. The Morgan fingerprint density at radius 3 is 2.31 bits per heavy atom. The molecule has 1 aliphatic heterocycles. The van der Waals surface area contributed by atoms with Crippen LogP contribution in [0.15, 0.2) is 54.6 Å². The average Bonchev–Trinajstić information content (AvgIpc) is 3.10. The SMILES string of the molecule is CC(C)C(=O)Nc1nc2n(n1)[C@H](c1ccc(Cl)cc1)C=C(c1ccc(Cl)cc1)N2. The van der Waals surface area contributed by atoms with Crippen molar-refractivity contribution in [3.05, 3.63) is 75.8 Å². The molecule has 1 aliphatic rings. The van der Waals surface area contributed by atoms with E-state index in [9.17, 15) is 4.79 Å². The Kier molecular flexibility index (Phi) is 5.30. The largest absolute Gasteiger partial charge is 0.324 e. The predicted molar refractivity (Wildman–Crippen MR) is 116 cm³/mol. The Morgan fingerprint density at radius 1 is 1.07 bits per heavy atom. The number of halogens is 2. The van der Waals surface area contributed by atoms with Crippen LogP contribution in [0.2, 0.25) is 10.0 Å². The van der Waals surface area contributed by atoms with E-state index in [0.717, 1.165) is 16.8 Å². The normalized spacial score (nSPS) is 15.5. The number of hydrogen-bond acceptors (Lipinski definition) is 4. The molecule has 0 saturated carbocycles. The highest BCUT2D eigenvalue weighted by atomic mass is 35.5. The van der Waals surface area contributed by atoms with Crippen LogP contribution in [0.1, 0.15) is 31.0 Å². The molecule has 8 heteroatoms. The van der Waals surface area contributed by atoms with Crippen LogP contribution in [0.3, 0.4) is 0 Å². The molecule has 3 aromatic rings. The molecule has 0 fully saturated rings. The maximum absolute atomic E-state index is 12.1. The third-order valence-corrected chi connectivity index (χ3v) is 5.10. The number of aromatic nitrogens is 3. The van der Waals surface area contributed by atoms with Gasteiger partial charge in [0.2, 0.25) is 11.9 Å². The molecule has 2 N–H and O–H groups in total. The van der Waals surface area contributed by atoms with Crippen LogP contribution in [-0.2, 0) is 4.79 Å². The van der Waals surface area contributed by atoms with Crippen LogP contribution < -0.4 is 10.6 Å². The predicted octanol–water partition coefficient (Wildman–Crippen LogP) is 5.24. The summed E-state index contributed by atoms with van der Waals surface area (Å²) in [6, 6.07) is 14.9. The number of carbonyl (C=O) groups excluding carboxylic acids is 1. The first-order valence-electron chi connectivity index (χ1n) is 9.18. The monoisotopic (exact) mass is 427 g/mol. The van der Waals surface area contributed by atoms with E-state index in [0.29, 0.717) is 16.0 Å². The van der Waals surface area contributed by atoms with E-state index in [1.165, 1.54) is 0 Å². The maximum Gasteiger partial charge on any atom is 0.250 e. The van der Waals surface area contributed by atoms with Gasteiger partial charge in [0.05, 0.1) is 0 Å². The van der Waals surface area contributed by atoms with Crippen molar-refractivity contribution >= 4 is 46.7 Å². The lowest BCUT2D eigenvalue weighted by molar-refractivity contribution is -0.118. The van der Waals surface area contributed by atoms with Crippen molar-refractivity contribution in [2.75, 3.05) is 10.6 Å². The van der Waals surface area contributed by atoms with Crippen LogP contribution in [0.25, 0.3) is 5.70 Å². The molecule has 0 saturated heterocycles. The number of hydrogen-bond donors (Lipinski definition) is 2. The molecule has 0 spiro atoms. The topological polar surface area (TPSA) is 71.8 Å². The van der Waals surface area contributed by atoms with Crippen molar-refractivity contribution in [3.63, 3.8) is 0 Å². The third-order valence-electron chi connectivity index (χ3n) is 4.59. The fourth-order valence-electron chi connectivity index (χ4n) is 3.00. The van der Waals surface area contributed by atoms with Gasteiger partial charge in [-0.25, -0.2) is 4.68 Å². The quantitative estimate of drug-likeness (QED) is 0.597. The highest BCUT2D eigenvalue weighted by Crippen LogP contribution is 2.34. The third kappa shape index (κ3) is 4.13. The van der Waals surface area contributed by atoms with Crippen LogP contribution in [0.5, 0.6) is 0 Å². The van der Waals surface area contributed by atoms with Gasteiger partial charge in [-0.2, -0.15) is 4.98 Å². The molecule has 0 aliphatic carbocycles. The average molecular weight is 428 g/mol. The maximum atomic E-state index is 12.1. The lowest BCUT2D eigenvalue weighted by atomic mass is 10.0. The van der Waals surface area contributed by atoms with Gasteiger partial charge in [-0.3, -0.25) is 10.1 Å². The van der Waals surface area contributed by atoms with Gasteiger partial charge in [-0.15, -0.1) is 5.10 Å². The van der Waals surface area contributed by atoms with E-state index in [-0.39, 0.29) is 23.8 Å². The molecule has 0 radical (unpaired) electrons. The van der Waals surface area contributed by atoms with Gasteiger partial charge in [-0.1, -0.05) is 61.3 Å². The summed E-state index contributed by atoms with van der Waals surface area (Å²) in [6.45, 7) is 3.64. The zero-order chi connectivity index (χ0) is 20.5. The molecule has 0 bridgehead atoms. The van der Waals surface area contributed by atoms with Crippen molar-refractivity contribution < 1.29 is 4.79 Å². The first-order valence-corrected chi connectivity index (χ1v) is 9.94. The summed E-state index contributed by atoms with van der Waals surface area (Å²) in [4.78, 5) is 16.5. The lowest BCUT2D eigenvalue weighted by Crippen LogP contribution is -2.20.